The van der Waals surface area contributed by atoms with E-state index in [0.29, 0.717) is 35.9 Å². The van der Waals surface area contributed by atoms with Gasteiger partial charge in [0.15, 0.2) is 6.61 Å². The third kappa shape index (κ3) is 3.59. The van der Waals surface area contributed by atoms with Crippen LogP contribution in [0.4, 0.5) is 8.78 Å². The molecule has 2 aromatic rings. The highest BCUT2D eigenvalue weighted by Crippen LogP contribution is 2.67. The van der Waals surface area contributed by atoms with Gasteiger partial charge in [-0.05, 0) is 57.1 Å². The number of alkyl halides is 1. The Morgan fingerprint density at radius 3 is 2.71 bits per heavy atom. The quantitative estimate of drug-likeness (QED) is 0.646. The lowest BCUT2D eigenvalue weighted by molar-refractivity contribution is -0.143. The number of aromatic nitrogens is 2. The minimum Gasteiger partial charge on any atom is -0.484 e. The lowest BCUT2D eigenvalue weighted by atomic mass is 9.39. The number of carbonyl (C=O) groups excluding carboxylic acids is 1. The normalized spacial score (nSPS) is 32.7. The van der Waals surface area contributed by atoms with Crippen LogP contribution in [0.5, 0.6) is 5.75 Å². The summed E-state index contributed by atoms with van der Waals surface area (Å²) in [6.07, 6.45) is 5.24. The van der Waals surface area contributed by atoms with Gasteiger partial charge in [0.05, 0.1) is 11.3 Å². The van der Waals surface area contributed by atoms with Crippen LogP contribution in [0, 0.1) is 5.82 Å². The van der Waals surface area contributed by atoms with E-state index in [1.807, 2.05) is 0 Å². The molecular formula is C23H27F2N3O3. The number of hydrogen-bond acceptors (Lipinski definition) is 5. The van der Waals surface area contributed by atoms with E-state index in [2.05, 4.69) is 22.4 Å². The zero-order valence-electron chi connectivity index (χ0n) is 17.8. The molecule has 6 rings (SSSR count). The van der Waals surface area contributed by atoms with Gasteiger partial charge in [0.1, 0.15) is 17.2 Å². The summed E-state index contributed by atoms with van der Waals surface area (Å²) in [5.74, 6) is 0.449. The highest BCUT2D eigenvalue weighted by molar-refractivity contribution is 5.79. The molecule has 166 valence electrons. The van der Waals surface area contributed by atoms with Crippen LogP contribution in [0.3, 0.4) is 0 Å². The molecule has 2 bridgehead atoms. The second-order valence-electron chi connectivity index (χ2n) is 9.76. The molecule has 8 heteroatoms. The Morgan fingerprint density at radius 1 is 1.32 bits per heavy atom. The van der Waals surface area contributed by atoms with Crippen molar-refractivity contribution >= 4 is 5.91 Å². The number of carbonyl (C=O) groups is 1. The third-order valence-corrected chi connectivity index (χ3v) is 6.99. The number of nitrogens with one attached hydrogen (secondary N) is 1. The van der Waals surface area contributed by atoms with E-state index in [9.17, 15) is 13.6 Å². The first kappa shape index (κ1) is 20.4. The predicted molar refractivity (Wildman–Crippen MR) is 108 cm³/mol. The summed E-state index contributed by atoms with van der Waals surface area (Å²) in [6, 6.07) is 4.76. The smallest absolute Gasteiger partial charge is 0.258 e. The summed E-state index contributed by atoms with van der Waals surface area (Å²) in [5.41, 5.74) is -1.03. The van der Waals surface area contributed by atoms with Gasteiger partial charge in [-0.15, -0.1) is 10.2 Å². The van der Waals surface area contributed by atoms with E-state index < -0.39 is 5.67 Å². The van der Waals surface area contributed by atoms with Gasteiger partial charge < -0.3 is 14.5 Å². The molecule has 1 aromatic heterocycles. The highest BCUT2D eigenvalue weighted by Gasteiger charge is 2.72. The van der Waals surface area contributed by atoms with Crippen LogP contribution >= 0.6 is 0 Å². The van der Waals surface area contributed by atoms with Crippen LogP contribution in [0.25, 0.3) is 0 Å². The number of unbranched alkanes of at least 4 members (excludes halogenated alkanes) is 1. The number of hydrogen-bond donors (Lipinski definition) is 1. The molecule has 0 radical (unpaired) electrons. The molecule has 4 aliphatic carbocycles. The van der Waals surface area contributed by atoms with Gasteiger partial charge in [0.2, 0.25) is 11.8 Å². The Kier molecular flexibility index (Phi) is 4.61. The Morgan fingerprint density at radius 2 is 2.06 bits per heavy atom. The van der Waals surface area contributed by atoms with Gasteiger partial charge in [-0.25, -0.2) is 8.78 Å². The van der Waals surface area contributed by atoms with E-state index in [-0.39, 0.29) is 35.2 Å². The van der Waals surface area contributed by atoms with Crippen LogP contribution in [0.2, 0.25) is 0 Å². The van der Waals surface area contributed by atoms with Crippen molar-refractivity contribution in [2.24, 2.45) is 0 Å². The minimum absolute atomic E-state index is 0.163. The molecule has 2 atom stereocenters. The van der Waals surface area contributed by atoms with Crippen molar-refractivity contribution in [1.29, 1.82) is 0 Å². The second kappa shape index (κ2) is 7.00. The van der Waals surface area contributed by atoms with Crippen LogP contribution in [-0.4, -0.2) is 33.9 Å². The molecule has 2 unspecified atom stereocenters. The van der Waals surface area contributed by atoms with E-state index in [0.717, 1.165) is 32.1 Å². The van der Waals surface area contributed by atoms with E-state index in [4.69, 9.17) is 9.15 Å². The van der Waals surface area contributed by atoms with E-state index in [1.165, 1.54) is 6.07 Å². The molecule has 0 spiro atoms. The topological polar surface area (TPSA) is 77.2 Å². The van der Waals surface area contributed by atoms with Crippen molar-refractivity contribution in [2.45, 2.75) is 81.3 Å². The summed E-state index contributed by atoms with van der Waals surface area (Å²) in [7, 11) is 0. The summed E-state index contributed by atoms with van der Waals surface area (Å²) in [6.45, 7) is 3.45. The molecule has 0 saturated heterocycles. The monoisotopic (exact) mass is 431 g/mol. The number of amides is 1. The number of halogens is 2. The molecule has 4 saturated carbocycles. The van der Waals surface area contributed by atoms with Gasteiger partial charge in [0, 0.05) is 11.6 Å². The number of nitrogens with zero attached hydrogens (tertiary/aromatic N) is 2. The van der Waals surface area contributed by atoms with Gasteiger partial charge in [-0.1, -0.05) is 19.4 Å². The summed E-state index contributed by atoms with van der Waals surface area (Å²) in [5, 5.41) is 11.2. The minimum atomic E-state index is -1.24. The molecule has 1 aromatic carbocycles. The SMILES string of the molecule is CCCCc1ccc(OCC(=O)NC23CC(c4nnc(C5CC5(C)F)o4)(C2)C3)cc1F. The van der Waals surface area contributed by atoms with Crippen molar-refractivity contribution in [1.82, 2.24) is 15.5 Å². The first-order valence-corrected chi connectivity index (χ1v) is 11.0. The Balaban J connectivity index is 1.10. The molecule has 4 aliphatic rings. The summed E-state index contributed by atoms with van der Waals surface area (Å²) < 4.78 is 39.2. The van der Waals surface area contributed by atoms with Crippen LogP contribution < -0.4 is 10.1 Å². The number of rotatable bonds is 9. The van der Waals surface area contributed by atoms with Gasteiger partial charge in [0.25, 0.3) is 5.91 Å². The first-order valence-electron chi connectivity index (χ1n) is 11.0. The Hall–Kier alpha value is -2.51. The van der Waals surface area contributed by atoms with Crippen molar-refractivity contribution < 1.29 is 22.7 Å². The third-order valence-electron chi connectivity index (χ3n) is 6.99. The zero-order valence-corrected chi connectivity index (χ0v) is 17.8. The molecule has 4 fully saturated rings. The van der Waals surface area contributed by atoms with Gasteiger partial charge >= 0.3 is 0 Å². The summed E-state index contributed by atoms with van der Waals surface area (Å²) >= 11 is 0. The van der Waals surface area contributed by atoms with Gasteiger partial charge in [-0.2, -0.15) is 0 Å². The number of aryl methyl sites for hydroxylation is 1. The fourth-order valence-electron chi connectivity index (χ4n) is 5.09. The summed E-state index contributed by atoms with van der Waals surface area (Å²) in [4.78, 5) is 12.3. The lowest BCUT2D eigenvalue weighted by Crippen LogP contribution is -2.77. The largest absolute Gasteiger partial charge is 0.484 e. The number of ether oxygens (including phenoxy) is 1. The van der Waals surface area contributed by atoms with Crippen LogP contribution in [0.15, 0.2) is 22.6 Å². The van der Waals surface area contributed by atoms with Crippen molar-refractivity contribution in [3.8, 4) is 5.75 Å². The predicted octanol–water partition coefficient (Wildman–Crippen LogP) is 4.14. The van der Waals surface area contributed by atoms with Crippen molar-refractivity contribution in [3.63, 3.8) is 0 Å². The lowest BCUT2D eigenvalue weighted by Gasteiger charge is -2.68. The Labute approximate surface area is 179 Å². The maximum Gasteiger partial charge on any atom is 0.258 e. The molecule has 31 heavy (non-hydrogen) atoms. The standard InChI is InChI=1S/C23H27F2N3O3/c1-3-4-5-14-6-7-15(8-17(14)24)30-10-18(29)26-23-11-22(12-23,13-23)20-28-27-19(31-20)16-9-21(16,2)25/h6-8,16H,3-5,9-13H2,1-2H3,(H,26,29). The maximum absolute atomic E-state index is 14.1. The van der Waals surface area contributed by atoms with Crippen molar-refractivity contribution in [2.75, 3.05) is 6.61 Å². The average Bonchev–Trinajstić information content (AvgIpc) is 3.08. The Bertz CT molecular complexity index is 999. The number of benzene rings is 1. The first-order chi connectivity index (χ1) is 14.7. The highest BCUT2D eigenvalue weighted by atomic mass is 19.1. The van der Waals surface area contributed by atoms with Crippen LogP contribution in [-0.2, 0) is 16.6 Å². The van der Waals surface area contributed by atoms with Crippen LogP contribution in [0.1, 0.15) is 75.6 Å². The maximum atomic E-state index is 14.1. The zero-order chi connectivity index (χ0) is 21.9. The average molecular weight is 431 g/mol. The molecule has 6 nitrogen and oxygen atoms in total. The molecular weight excluding hydrogens is 404 g/mol. The molecule has 0 aliphatic heterocycles. The van der Waals surface area contributed by atoms with E-state index in [1.54, 1.807) is 19.1 Å². The van der Waals surface area contributed by atoms with E-state index >= 15 is 0 Å². The van der Waals surface area contributed by atoms with Crippen molar-refractivity contribution in [3.05, 3.63) is 41.4 Å². The second-order valence-corrected chi connectivity index (χ2v) is 9.76. The molecule has 1 heterocycles. The van der Waals surface area contributed by atoms with Gasteiger partial charge in [-0.3, -0.25) is 4.79 Å². The molecule has 1 N–H and O–H groups in total. The fraction of sp³-hybridized carbons (Fsp3) is 0.609. The molecule has 1 amide bonds. The fourth-order valence-corrected chi connectivity index (χ4v) is 5.09.